The Morgan fingerprint density at radius 2 is 2.08 bits per heavy atom. The summed E-state index contributed by atoms with van der Waals surface area (Å²) >= 11 is 6.33. The first-order valence-electron chi connectivity index (χ1n) is 12.7. The second-order valence-corrected chi connectivity index (χ2v) is 9.50. The Kier molecular flexibility index (Phi) is 6.43. The highest BCUT2D eigenvalue weighted by atomic mass is 35.5. The van der Waals surface area contributed by atoms with Crippen LogP contribution in [0.25, 0.3) is 5.70 Å². The van der Waals surface area contributed by atoms with Gasteiger partial charge in [-0.2, -0.15) is 0 Å². The first kappa shape index (κ1) is 24.2. The third-order valence-electron chi connectivity index (χ3n) is 5.94. The first-order chi connectivity index (χ1) is 19.3. The van der Waals surface area contributed by atoms with E-state index >= 15 is 0 Å². The van der Waals surface area contributed by atoms with E-state index < -0.39 is 57.5 Å². The molecule has 2 aliphatic heterocycles. The fourth-order valence-electron chi connectivity index (χ4n) is 4.07. The molecule has 0 radical (unpaired) electrons. The number of fused-ring (bicyclic) bond motifs is 3. The highest BCUT2D eigenvalue weighted by Crippen LogP contribution is 2.32. The molecule has 0 saturated heterocycles. The molecule has 1 atom stereocenters. The van der Waals surface area contributed by atoms with Crippen LogP contribution in [0.4, 0.5) is 8.78 Å². The number of hydrogen-bond donors (Lipinski definition) is 1. The Morgan fingerprint density at radius 1 is 1.28 bits per heavy atom. The first-order valence-corrected chi connectivity index (χ1v) is 12.1. The number of nitrogens with zero attached hydrogens (tertiary/aromatic N) is 4. The molecule has 13 heteroatoms. The lowest BCUT2D eigenvalue weighted by molar-refractivity contribution is 0.0564. The zero-order valence-electron chi connectivity index (χ0n) is 22.7. The average molecular weight is 563 g/mol. The fourth-order valence-corrected chi connectivity index (χ4v) is 4.25. The zero-order chi connectivity index (χ0) is 29.7. The Bertz CT molecular complexity index is 1720. The summed E-state index contributed by atoms with van der Waals surface area (Å²) in [5, 5.41) is 9.83. The maximum Gasteiger partial charge on any atom is 0.280 e. The summed E-state index contributed by atoms with van der Waals surface area (Å²) in [4.78, 5) is 34.6. The number of aromatic nitrogens is 3. The van der Waals surface area contributed by atoms with E-state index in [1.165, 1.54) is 36.8 Å². The lowest BCUT2D eigenvalue weighted by Gasteiger charge is -2.29. The number of aliphatic imine (C=N–C) groups is 1. The average Bonchev–Trinajstić information content (AvgIpc) is 2.87. The lowest BCUT2D eigenvalue weighted by atomic mass is 10.0. The summed E-state index contributed by atoms with van der Waals surface area (Å²) in [6, 6.07) is 4.67. The van der Waals surface area contributed by atoms with E-state index in [0.29, 0.717) is 12.3 Å². The van der Waals surface area contributed by atoms with Crippen molar-refractivity contribution in [1.29, 1.82) is 0 Å². The fraction of sp³-hybridized carbons (Fsp3) is 0.308. The second-order valence-electron chi connectivity index (χ2n) is 9.12. The number of allylic oxidation sites excluding steroid dienone is 1. The predicted molar refractivity (Wildman–Crippen MR) is 137 cm³/mol. The summed E-state index contributed by atoms with van der Waals surface area (Å²) in [5.41, 5.74) is -3.33. The van der Waals surface area contributed by atoms with E-state index in [2.05, 4.69) is 9.98 Å². The molecule has 39 heavy (non-hydrogen) atoms. The molecule has 0 unspecified atom stereocenters. The summed E-state index contributed by atoms with van der Waals surface area (Å²) < 4.78 is 63.0. The molecule has 5 rings (SSSR count). The number of rotatable bonds is 4. The van der Waals surface area contributed by atoms with Gasteiger partial charge >= 0.3 is 0 Å². The molecular weight excluding hydrogens is 538 g/mol. The Hall–Kier alpha value is -3.87. The van der Waals surface area contributed by atoms with Crippen LogP contribution in [0.15, 0.2) is 57.3 Å². The number of dihydropyridines is 1. The van der Waals surface area contributed by atoms with Gasteiger partial charge in [0.1, 0.15) is 47.4 Å². The minimum absolute atomic E-state index is 0.00497. The van der Waals surface area contributed by atoms with Crippen molar-refractivity contribution in [1.82, 2.24) is 14.1 Å². The highest BCUT2D eigenvalue weighted by Gasteiger charge is 2.30. The van der Waals surface area contributed by atoms with Crippen LogP contribution in [0.2, 0.25) is 5.02 Å². The van der Waals surface area contributed by atoms with Gasteiger partial charge in [0.05, 0.1) is 33.4 Å². The molecule has 0 fully saturated rings. The van der Waals surface area contributed by atoms with Crippen LogP contribution >= 0.6 is 11.6 Å². The van der Waals surface area contributed by atoms with Crippen LogP contribution in [-0.2, 0) is 16.9 Å². The Labute approximate surface area is 228 Å². The van der Waals surface area contributed by atoms with Crippen molar-refractivity contribution in [2.45, 2.75) is 32.1 Å². The van der Waals surface area contributed by atoms with Gasteiger partial charge in [0, 0.05) is 30.0 Å². The second kappa shape index (κ2) is 10.4. The molecular formula is C26H23ClF2N4O6. The molecule has 3 aromatic rings. The van der Waals surface area contributed by atoms with E-state index in [0.717, 1.165) is 10.6 Å². The topological polar surface area (TPSA) is 117 Å². The number of pyridine rings is 3. The minimum atomic E-state index is -2.95. The molecule has 0 bridgehead atoms. The normalized spacial score (nSPS) is 18.3. The van der Waals surface area contributed by atoms with Crippen LogP contribution < -0.4 is 20.6 Å². The van der Waals surface area contributed by atoms with Crippen molar-refractivity contribution < 1.29 is 30.8 Å². The van der Waals surface area contributed by atoms with Crippen LogP contribution in [0.5, 0.6) is 11.6 Å². The molecule has 0 aromatic carbocycles. The van der Waals surface area contributed by atoms with Gasteiger partial charge in [0.15, 0.2) is 5.82 Å². The van der Waals surface area contributed by atoms with Crippen molar-refractivity contribution in [3.63, 3.8) is 0 Å². The van der Waals surface area contributed by atoms with Gasteiger partial charge in [-0.1, -0.05) is 11.6 Å². The number of halogens is 3. The van der Waals surface area contributed by atoms with Gasteiger partial charge < -0.3 is 19.3 Å². The Morgan fingerprint density at radius 3 is 2.82 bits per heavy atom. The van der Waals surface area contributed by atoms with E-state index in [9.17, 15) is 23.5 Å². The zero-order valence-corrected chi connectivity index (χ0v) is 21.4. The van der Waals surface area contributed by atoms with Gasteiger partial charge in [-0.05, 0) is 26.0 Å². The molecule has 10 nitrogen and oxygen atoms in total. The summed E-state index contributed by atoms with van der Waals surface area (Å²) in [5.74, 6) is -2.73. The number of hydrogen-bond acceptors (Lipinski definition) is 8. The van der Waals surface area contributed by atoms with E-state index in [1.54, 1.807) is 6.07 Å². The molecule has 5 heterocycles. The van der Waals surface area contributed by atoms with E-state index in [1.807, 2.05) is 0 Å². The van der Waals surface area contributed by atoms with E-state index in [-0.39, 0.29) is 42.7 Å². The molecule has 1 N–H and O–H groups in total. The molecule has 3 aromatic heterocycles. The van der Waals surface area contributed by atoms with E-state index in [4.69, 9.17) is 28.6 Å². The van der Waals surface area contributed by atoms with Crippen LogP contribution in [0, 0.1) is 11.6 Å². The highest BCUT2D eigenvalue weighted by molar-refractivity contribution is 6.31. The smallest absolute Gasteiger partial charge is 0.280 e. The molecule has 0 saturated carbocycles. The number of aliphatic hydroxyl groups is 1. The maximum atomic E-state index is 14.3. The minimum Gasteiger partial charge on any atom is -0.485 e. The molecule has 0 aliphatic carbocycles. The van der Waals surface area contributed by atoms with Crippen LogP contribution in [0.3, 0.4) is 0 Å². The Balaban J connectivity index is 1.60. The van der Waals surface area contributed by atoms with Gasteiger partial charge in [0.25, 0.3) is 11.1 Å². The molecule has 0 spiro atoms. The van der Waals surface area contributed by atoms with Gasteiger partial charge in [-0.25, -0.2) is 13.3 Å². The van der Waals surface area contributed by atoms with Crippen molar-refractivity contribution in [2.24, 2.45) is 4.99 Å². The largest absolute Gasteiger partial charge is 0.485 e. The van der Waals surface area contributed by atoms with Gasteiger partial charge in [-0.15, -0.1) is 0 Å². The molecule has 0 amide bonds. The standard InChI is InChI=1S/C26H23ClF2N4O6/c1-26(2,36)15-4-3-5-32(24(15)34)21-9-18-20(12-31-21)37-6-7-38-22-10-19(23(27)25(35)33(18)22)39-13-17-16(29)8-14(28)11-30-17/h3-5,8-11,20,36H,6-7,12-13H2,1-2H3/t20-/m0/s1/i13D2. The van der Waals surface area contributed by atoms with Crippen LogP contribution in [0.1, 0.15) is 27.8 Å². The quantitative estimate of drug-likeness (QED) is 0.519. The van der Waals surface area contributed by atoms with Gasteiger partial charge in [-0.3, -0.25) is 24.1 Å². The third kappa shape index (κ3) is 5.22. The SMILES string of the molecule is [2H]C([2H])(Oc1cc2n(c(=O)c1Cl)C1=CC(n3cccc(C(C)(C)O)c3=O)=NC[C@@H]1OCCO2)c1ncc(F)cc1F. The van der Waals surface area contributed by atoms with Crippen LogP contribution in [-0.4, -0.2) is 50.9 Å². The van der Waals surface area contributed by atoms with Gasteiger partial charge in [0.2, 0.25) is 5.88 Å². The summed E-state index contributed by atoms with van der Waals surface area (Å²) in [7, 11) is 0. The van der Waals surface area contributed by atoms with Crippen molar-refractivity contribution in [2.75, 3.05) is 19.8 Å². The lowest BCUT2D eigenvalue weighted by Crippen LogP contribution is -2.39. The predicted octanol–water partition coefficient (Wildman–Crippen LogP) is 2.72. The molecule has 204 valence electrons. The van der Waals surface area contributed by atoms with Crippen molar-refractivity contribution in [3.05, 3.63) is 91.4 Å². The number of ether oxygens (including phenoxy) is 3. The monoisotopic (exact) mass is 562 g/mol. The summed E-state index contributed by atoms with van der Waals surface area (Å²) in [6.07, 6.45) is 2.79. The maximum absolute atomic E-state index is 14.3. The van der Waals surface area contributed by atoms with Crippen molar-refractivity contribution in [3.8, 4) is 11.6 Å². The summed E-state index contributed by atoms with van der Waals surface area (Å²) in [6.45, 7) is 0.128. The third-order valence-corrected chi connectivity index (χ3v) is 6.29. The molecule has 2 aliphatic rings. The van der Waals surface area contributed by atoms with Crippen molar-refractivity contribution >= 4 is 23.1 Å².